The second kappa shape index (κ2) is 15.7. The minimum atomic E-state index is -4.46. The quantitative estimate of drug-likeness (QED) is 0.106. The average molecular weight is 732 g/mol. The Morgan fingerprint density at radius 3 is 1.89 bits per heavy atom. The number of benzene rings is 2. The third-order valence-electron chi connectivity index (χ3n) is 8.37. The van der Waals surface area contributed by atoms with Crippen LogP contribution in [-0.4, -0.2) is 55.1 Å². The average Bonchev–Trinajstić information content (AvgIpc) is 3.72. The van der Waals surface area contributed by atoms with Crippen LogP contribution in [0.25, 0.3) is 22.1 Å². The Hall–Kier alpha value is -6.59. The van der Waals surface area contributed by atoms with E-state index >= 15 is 0 Å². The van der Waals surface area contributed by atoms with Gasteiger partial charge in [0.1, 0.15) is 5.82 Å². The lowest BCUT2D eigenvalue weighted by Gasteiger charge is -2.29. The van der Waals surface area contributed by atoms with Gasteiger partial charge in [0.25, 0.3) is 0 Å². The molecular weight excluding hydrogens is 695 g/mol. The van der Waals surface area contributed by atoms with E-state index < -0.39 is 23.5 Å². The van der Waals surface area contributed by atoms with Crippen molar-refractivity contribution >= 4 is 51.3 Å². The number of anilines is 3. The van der Waals surface area contributed by atoms with E-state index in [2.05, 4.69) is 51.1 Å². The monoisotopic (exact) mass is 731 g/mol. The molecule has 0 radical (unpaired) electrons. The molecule has 0 atom stereocenters. The number of amides is 4. The highest BCUT2D eigenvalue weighted by Gasteiger charge is 2.30. The van der Waals surface area contributed by atoms with E-state index in [1.54, 1.807) is 36.4 Å². The maximum Gasteiger partial charge on any atom is 0.417 e. The Morgan fingerprint density at radius 2 is 1.34 bits per heavy atom. The SMILES string of the molecule is Cc1ccc(CNC(=O)Nc2cccc3[nH]c(=O)[nH]c23)c(N2CCCCC2)n1.O=C(NCc1ccc(C(F)(F)F)cn1)Nc1cccc2[nH]c(=O)[nH]c12. The third-order valence-corrected chi connectivity index (χ3v) is 8.37. The predicted octanol–water partition coefficient (Wildman–Crippen LogP) is 5.46. The Balaban J connectivity index is 0.000000183. The van der Waals surface area contributed by atoms with E-state index in [9.17, 15) is 32.3 Å². The van der Waals surface area contributed by atoms with Crippen LogP contribution in [0.15, 0.2) is 76.4 Å². The largest absolute Gasteiger partial charge is 0.417 e. The number of carbonyl (C=O) groups excluding carboxylic acids is 2. The summed E-state index contributed by atoms with van der Waals surface area (Å²) in [6.07, 6.45) is -0.155. The Kier molecular flexibility index (Phi) is 10.8. The first-order valence-electron chi connectivity index (χ1n) is 16.7. The van der Waals surface area contributed by atoms with Gasteiger partial charge >= 0.3 is 29.6 Å². The number of carbonyl (C=O) groups is 2. The van der Waals surface area contributed by atoms with Crippen molar-refractivity contribution < 1.29 is 22.8 Å². The molecule has 1 aliphatic heterocycles. The summed E-state index contributed by atoms with van der Waals surface area (Å²) in [6.45, 7) is 4.31. The molecule has 1 fully saturated rings. The molecule has 53 heavy (non-hydrogen) atoms. The molecule has 8 N–H and O–H groups in total. The van der Waals surface area contributed by atoms with Gasteiger partial charge in [-0.05, 0) is 68.7 Å². The van der Waals surface area contributed by atoms with Crippen molar-refractivity contribution in [2.75, 3.05) is 28.6 Å². The summed E-state index contributed by atoms with van der Waals surface area (Å²) in [6, 6.07) is 15.4. The fourth-order valence-electron chi connectivity index (χ4n) is 5.79. The van der Waals surface area contributed by atoms with Gasteiger partial charge in [0, 0.05) is 37.1 Å². The van der Waals surface area contributed by atoms with Crippen LogP contribution in [-0.2, 0) is 19.3 Å². The summed E-state index contributed by atoms with van der Waals surface area (Å²) in [7, 11) is 0. The van der Waals surface area contributed by atoms with Crippen LogP contribution in [0.2, 0.25) is 0 Å². The molecule has 0 saturated carbocycles. The van der Waals surface area contributed by atoms with E-state index in [0.29, 0.717) is 46.2 Å². The number of para-hydroxylation sites is 2. The highest BCUT2D eigenvalue weighted by Crippen LogP contribution is 2.28. The Bertz CT molecular complexity index is 2340. The minimum absolute atomic E-state index is 0.0520. The maximum atomic E-state index is 12.5. The number of hydrogen-bond donors (Lipinski definition) is 8. The molecule has 276 valence electrons. The van der Waals surface area contributed by atoms with E-state index in [-0.39, 0.29) is 24.0 Å². The van der Waals surface area contributed by atoms with Gasteiger partial charge in [-0.15, -0.1) is 0 Å². The number of alkyl halides is 3. The standard InChI is InChI=1S/C20H24N6O2.C15H12F3N5O2/c1-13-8-9-14(18(22-13)26-10-3-2-4-11-26)12-21-19(27)23-15-6-5-7-16-17(15)25-20(28)24-16;16-15(17,18)8-4-5-9(19-6-8)7-20-13(24)21-10-2-1-3-11-12(10)23-14(25)22-11/h5-9H,2-4,10-12H2,1H3,(H2,21,23,27)(H2,24,25,28);1-6H,7H2,(H2,20,21,24)(H2,22,23,25). The van der Waals surface area contributed by atoms with Crippen molar-refractivity contribution in [1.29, 1.82) is 0 Å². The van der Waals surface area contributed by atoms with Crippen molar-refractivity contribution in [1.82, 2.24) is 40.5 Å². The number of aromatic amines is 4. The molecule has 0 spiro atoms. The molecule has 4 amide bonds. The lowest BCUT2D eigenvalue weighted by atomic mass is 10.1. The lowest BCUT2D eigenvalue weighted by Crippen LogP contribution is -2.33. The van der Waals surface area contributed by atoms with Crippen molar-refractivity contribution in [2.45, 2.75) is 45.5 Å². The predicted molar refractivity (Wildman–Crippen MR) is 194 cm³/mol. The van der Waals surface area contributed by atoms with Crippen molar-refractivity contribution in [2.24, 2.45) is 0 Å². The molecule has 2 aromatic carbocycles. The van der Waals surface area contributed by atoms with Gasteiger partial charge in [0.2, 0.25) is 0 Å². The zero-order chi connectivity index (χ0) is 37.5. The summed E-state index contributed by atoms with van der Waals surface area (Å²) >= 11 is 0. The maximum absolute atomic E-state index is 12.5. The van der Waals surface area contributed by atoms with Gasteiger partial charge in [-0.3, -0.25) is 4.98 Å². The normalized spacial score (nSPS) is 12.9. The van der Waals surface area contributed by atoms with E-state index in [1.165, 1.54) is 25.3 Å². The van der Waals surface area contributed by atoms with Crippen LogP contribution >= 0.6 is 0 Å². The smallest absolute Gasteiger partial charge is 0.356 e. The molecular formula is C35H36F3N11O4. The number of aromatic nitrogens is 6. The summed E-state index contributed by atoms with van der Waals surface area (Å²) in [5.74, 6) is 0.956. The Morgan fingerprint density at radius 1 is 0.755 bits per heavy atom. The summed E-state index contributed by atoms with van der Waals surface area (Å²) in [4.78, 5) is 68.3. The van der Waals surface area contributed by atoms with Crippen molar-refractivity contribution in [3.8, 4) is 0 Å². The molecule has 4 aromatic heterocycles. The molecule has 5 heterocycles. The summed E-state index contributed by atoms with van der Waals surface area (Å²) < 4.78 is 37.4. The number of urea groups is 2. The molecule has 6 aromatic rings. The number of pyridine rings is 2. The Labute approximate surface area is 298 Å². The molecule has 1 aliphatic rings. The summed E-state index contributed by atoms with van der Waals surface area (Å²) in [5, 5.41) is 10.7. The van der Waals surface area contributed by atoms with Crippen LogP contribution < -0.4 is 37.5 Å². The number of rotatable bonds is 7. The molecule has 7 rings (SSSR count). The van der Waals surface area contributed by atoms with E-state index in [1.807, 2.05) is 19.1 Å². The fraction of sp³-hybridized carbons (Fsp3) is 0.257. The van der Waals surface area contributed by atoms with Crippen LogP contribution in [0.4, 0.5) is 40.0 Å². The first kappa shape index (κ1) is 36.2. The number of imidazole rings is 2. The molecule has 15 nitrogen and oxygen atoms in total. The van der Waals surface area contributed by atoms with Crippen LogP contribution in [0.1, 0.15) is 41.8 Å². The first-order chi connectivity index (χ1) is 25.4. The highest BCUT2D eigenvalue weighted by atomic mass is 19.4. The van der Waals surface area contributed by atoms with Crippen molar-refractivity contribution in [3.63, 3.8) is 0 Å². The van der Waals surface area contributed by atoms with Gasteiger partial charge in [-0.1, -0.05) is 18.2 Å². The van der Waals surface area contributed by atoms with Gasteiger partial charge in [-0.2, -0.15) is 13.2 Å². The zero-order valence-electron chi connectivity index (χ0n) is 28.4. The van der Waals surface area contributed by atoms with E-state index in [0.717, 1.165) is 36.2 Å². The van der Waals surface area contributed by atoms with Gasteiger partial charge in [0.05, 0.1) is 51.2 Å². The highest BCUT2D eigenvalue weighted by molar-refractivity contribution is 5.99. The second-order valence-corrected chi connectivity index (χ2v) is 12.2. The van der Waals surface area contributed by atoms with Gasteiger partial charge < -0.3 is 46.1 Å². The van der Waals surface area contributed by atoms with Crippen molar-refractivity contribution in [3.05, 3.63) is 110 Å². The topological polar surface area (TPSA) is 209 Å². The number of nitrogens with one attached hydrogen (secondary N) is 8. The lowest BCUT2D eigenvalue weighted by molar-refractivity contribution is -0.137. The fourth-order valence-corrected chi connectivity index (χ4v) is 5.79. The number of nitrogens with zero attached hydrogens (tertiary/aromatic N) is 3. The third kappa shape index (κ3) is 9.21. The van der Waals surface area contributed by atoms with E-state index in [4.69, 9.17) is 4.98 Å². The van der Waals surface area contributed by atoms with Gasteiger partial charge in [-0.25, -0.2) is 24.2 Å². The molecule has 0 unspecified atom stereocenters. The number of aryl methyl sites for hydroxylation is 1. The number of halogens is 3. The van der Waals surface area contributed by atoms with Crippen LogP contribution in [0.5, 0.6) is 0 Å². The minimum Gasteiger partial charge on any atom is -0.356 e. The number of piperidine rings is 1. The molecule has 18 heteroatoms. The molecule has 0 bridgehead atoms. The first-order valence-corrected chi connectivity index (χ1v) is 16.7. The summed E-state index contributed by atoms with van der Waals surface area (Å²) in [5.41, 5.74) is 3.81. The number of fused-ring (bicyclic) bond motifs is 2. The second-order valence-electron chi connectivity index (χ2n) is 12.2. The zero-order valence-corrected chi connectivity index (χ0v) is 28.4. The molecule has 0 aliphatic carbocycles. The van der Waals surface area contributed by atoms with Crippen LogP contribution in [0.3, 0.4) is 0 Å². The molecule has 1 saturated heterocycles. The number of hydrogen-bond acceptors (Lipinski definition) is 7. The number of H-pyrrole nitrogens is 4. The van der Waals surface area contributed by atoms with Crippen LogP contribution in [0, 0.1) is 6.92 Å². The van der Waals surface area contributed by atoms with Gasteiger partial charge in [0.15, 0.2) is 0 Å².